The van der Waals surface area contributed by atoms with E-state index in [1.54, 1.807) is 0 Å². The van der Waals surface area contributed by atoms with Gasteiger partial charge in [0.05, 0.1) is 13.2 Å². The fraction of sp³-hybridized carbons (Fsp3) is 0.250. The van der Waals surface area contributed by atoms with Crippen molar-refractivity contribution in [2.45, 2.75) is 25.9 Å². The van der Waals surface area contributed by atoms with Gasteiger partial charge in [0.15, 0.2) is 0 Å². The third-order valence-electron chi connectivity index (χ3n) is 2.80. The Morgan fingerprint density at radius 3 is 1.40 bits per heavy atom. The predicted octanol–water partition coefficient (Wildman–Crippen LogP) is 5.20. The maximum absolute atomic E-state index is 12.2. The van der Waals surface area contributed by atoms with Gasteiger partial charge < -0.3 is 14.2 Å². The molecule has 0 unspecified atom stereocenters. The predicted molar refractivity (Wildman–Crippen MR) is 74.7 cm³/mol. The molecule has 0 aliphatic rings. The number of hydrogen-bond donors (Lipinski definition) is 0. The van der Waals surface area contributed by atoms with Crippen molar-refractivity contribution < 1.29 is 40.6 Å². The van der Waals surface area contributed by atoms with Crippen molar-refractivity contribution in [3.63, 3.8) is 0 Å². The van der Waals surface area contributed by atoms with Gasteiger partial charge in [-0.1, -0.05) is 24.3 Å². The Bertz CT molecular complexity index is 637. The van der Waals surface area contributed by atoms with E-state index in [1.807, 2.05) is 0 Å². The molecule has 0 spiro atoms. The van der Waals surface area contributed by atoms with Crippen LogP contribution in [0.2, 0.25) is 0 Å². The zero-order valence-corrected chi connectivity index (χ0v) is 12.5. The van der Waals surface area contributed by atoms with E-state index in [4.69, 9.17) is 4.74 Å². The molecular weight excluding hydrogens is 354 g/mol. The summed E-state index contributed by atoms with van der Waals surface area (Å²) in [7, 11) is 0. The summed E-state index contributed by atoms with van der Waals surface area (Å²) in [5.74, 6) is -0.761. The maximum atomic E-state index is 12.2. The highest BCUT2D eigenvalue weighted by Crippen LogP contribution is 2.25. The SMILES string of the molecule is FC(F)(F)Oc1cccc(COCc2cccc(OC(F)(F)F)c2)c1. The normalized spacial score (nSPS) is 12.1. The lowest BCUT2D eigenvalue weighted by molar-refractivity contribution is -0.275. The fourth-order valence-electron chi connectivity index (χ4n) is 1.95. The summed E-state index contributed by atoms with van der Waals surface area (Å²) in [6, 6.07) is 10.4. The van der Waals surface area contributed by atoms with Crippen molar-refractivity contribution in [1.82, 2.24) is 0 Å². The fourth-order valence-corrected chi connectivity index (χ4v) is 1.95. The number of rotatable bonds is 6. The highest BCUT2D eigenvalue weighted by Gasteiger charge is 2.31. The summed E-state index contributed by atoms with van der Waals surface area (Å²) in [4.78, 5) is 0. The molecule has 0 saturated carbocycles. The van der Waals surface area contributed by atoms with Gasteiger partial charge in [0.2, 0.25) is 0 Å². The van der Waals surface area contributed by atoms with Gasteiger partial charge in [0.25, 0.3) is 0 Å². The van der Waals surface area contributed by atoms with Gasteiger partial charge in [-0.05, 0) is 35.4 Å². The molecule has 3 nitrogen and oxygen atoms in total. The zero-order valence-electron chi connectivity index (χ0n) is 12.5. The quantitative estimate of drug-likeness (QED) is 0.658. The molecule has 0 radical (unpaired) electrons. The van der Waals surface area contributed by atoms with E-state index in [-0.39, 0.29) is 24.7 Å². The van der Waals surface area contributed by atoms with E-state index in [0.717, 1.165) is 24.3 Å². The van der Waals surface area contributed by atoms with Gasteiger partial charge in [0.1, 0.15) is 11.5 Å². The van der Waals surface area contributed by atoms with Gasteiger partial charge >= 0.3 is 12.7 Å². The second-order valence-corrected chi connectivity index (χ2v) is 4.88. The van der Waals surface area contributed by atoms with Gasteiger partial charge in [0, 0.05) is 0 Å². The van der Waals surface area contributed by atoms with Crippen LogP contribution in [0.3, 0.4) is 0 Å². The summed E-state index contributed by atoms with van der Waals surface area (Å²) in [5.41, 5.74) is 0.842. The van der Waals surface area contributed by atoms with Gasteiger partial charge in [-0.25, -0.2) is 0 Å². The molecule has 25 heavy (non-hydrogen) atoms. The second-order valence-electron chi connectivity index (χ2n) is 4.88. The molecule has 0 heterocycles. The monoisotopic (exact) mass is 366 g/mol. The Labute approximate surface area is 138 Å². The van der Waals surface area contributed by atoms with Crippen molar-refractivity contribution in [2.24, 2.45) is 0 Å². The standard InChI is InChI=1S/C16H12F6O3/c17-15(18,19)24-13-5-1-3-11(7-13)9-23-10-12-4-2-6-14(8-12)25-16(20,21)22/h1-8H,9-10H2. The molecular formula is C16H12F6O3. The van der Waals surface area contributed by atoms with Crippen molar-refractivity contribution in [2.75, 3.05) is 0 Å². The molecule has 2 aromatic rings. The van der Waals surface area contributed by atoms with Crippen LogP contribution in [0.15, 0.2) is 48.5 Å². The van der Waals surface area contributed by atoms with E-state index in [9.17, 15) is 26.3 Å². The first-order valence-electron chi connectivity index (χ1n) is 6.88. The van der Waals surface area contributed by atoms with Crippen molar-refractivity contribution >= 4 is 0 Å². The summed E-state index contributed by atoms with van der Waals surface area (Å²) >= 11 is 0. The van der Waals surface area contributed by atoms with Crippen LogP contribution >= 0.6 is 0 Å². The molecule has 0 aliphatic heterocycles. The van der Waals surface area contributed by atoms with Crippen LogP contribution in [0.25, 0.3) is 0 Å². The van der Waals surface area contributed by atoms with E-state index in [0.29, 0.717) is 11.1 Å². The van der Waals surface area contributed by atoms with Crippen LogP contribution in [-0.4, -0.2) is 12.7 Å². The summed E-state index contributed by atoms with van der Waals surface area (Å²) < 4.78 is 85.8. The molecule has 0 saturated heterocycles. The van der Waals surface area contributed by atoms with E-state index >= 15 is 0 Å². The molecule has 0 bridgehead atoms. The van der Waals surface area contributed by atoms with Crippen molar-refractivity contribution in [3.05, 3.63) is 59.7 Å². The highest BCUT2D eigenvalue weighted by molar-refractivity contribution is 5.29. The number of hydrogen-bond acceptors (Lipinski definition) is 3. The molecule has 0 fully saturated rings. The Balaban J connectivity index is 1.91. The van der Waals surface area contributed by atoms with Gasteiger partial charge in [-0.3, -0.25) is 0 Å². The van der Waals surface area contributed by atoms with Crippen molar-refractivity contribution in [3.8, 4) is 11.5 Å². The highest BCUT2D eigenvalue weighted by atomic mass is 19.4. The Morgan fingerprint density at radius 2 is 1.04 bits per heavy atom. The minimum absolute atomic E-state index is 0.0422. The lowest BCUT2D eigenvalue weighted by Crippen LogP contribution is -2.17. The first kappa shape index (κ1) is 18.9. The van der Waals surface area contributed by atoms with Crippen LogP contribution in [0.1, 0.15) is 11.1 Å². The summed E-state index contributed by atoms with van der Waals surface area (Å²) in [5, 5.41) is 0. The average Bonchev–Trinajstić information content (AvgIpc) is 2.44. The number of halogens is 6. The van der Waals surface area contributed by atoms with Crippen LogP contribution in [0.5, 0.6) is 11.5 Å². The molecule has 9 heteroatoms. The molecule has 2 rings (SSSR count). The molecule has 2 aromatic carbocycles. The summed E-state index contributed by atoms with van der Waals surface area (Å²) in [6.45, 7) is -0.0845. The Hall–Kier alpha value is -2.42. The molecule has 0 aromatic heterocycles. The molecule has 136 valence electrons. The summed E-state index contributed by atoms with van der Waals surface area (Å²) in [6.07, 6.45) is -9.59. The number of alkyl halides is 6. The minimum atomic E-state index is -4.79. The molecule has 0 amide bonds. The topological polar surface area (TPSA) is 27.7 Å². The maximum Gasteiger partial charge on any atom is 0.573 e. The van der Waals surface area contributed by atoms with Crippen LogP contribution in [-0.2, 0) is 18.0 Å². The average molecular weight is 366 g/mol. The van der Waals surface area contributed by atoms with E-state index in [2.05, 4.69) is 9.47 Å². The van der Waals surface area contributed by atoms with Crippen molar-refractivity contribution in [1.29, 1.82) is 0 Å². The number of benzene rings is 2. The molecule has 0 aliphatic carbocycles. The Morgan fingerprint density at radius 1 is 0.640 bits per heavy atom. The number of ether oxygens (including phenoxy) is 3. The lowest BCUT2D eigenvalue weighted by atomic mass is 10.2. The smallest absolute Gasteiger partial charge is 0.406 e. The van der Waals surface area contributed by atoms with E-state index in [1.165, 1.54) is 24.3 Å². The van der Waals surface area contributed by atoms with Crippen LogP contribution < -0.4 is 9.47 Å². The largest absolute Gasteiger partial charge is 0.573 e. The second kappa shape index (κ2) is 7.64. The van der Waals surface area contributed by atoms with E-state index < -0.39 is 12.7 Å². The lowest BCUT2D eigenvalue weighted by Gasteiger charge is -2.11. The molecule has 0 atom stereocenters. The Kier molecular flexibility index (Phi) is 5.78. The first-order chi connectivity index (χ1) is 11.6. The zero-order chi connectivity index (χ0) is 18.5. The van der Waals surface area contributed by atoms with Gasteiger partial charge in [-0.2, -0.15) is 0 Å². The van der Waals surface area contributed by atoms with Crippen LogP contribution in [0, 0.1) is 0 Å². The first-order valence-corrected chi connectivity index (χ1v) is 6.88. The third-order valence-corrected chi connectivity index (χ3v) is 2.80. The van der Waals surface area contributed by atoms with Gasteiger partial charge in [-0.15, -0.1) is 26.3 Å². The molecule has 0 N–H and O–H groups in total. The van der Waals surface area contributed by atoms with Crippen LogP contribution in [0.4, 0.5) is 26.3 Å². The minimum Gasteiger partial charge on any atom is -0.406 e. The third kappa shape index (κ3) is 7.34.